The molecule has 0 bridgehead atoms. The standard InChI is InChI=1S/C18H24N4O5S/c1-14(22-7-3-6-19-22)12-18(23)20-16-5-4-15(13-17(16)26-2)28(24,25)21-8-10-27-11-9-21/h3-7,13-14H,8-12H2,1-2H3,(H,20,23)/t14-/m1/s1. The van der Waals surface area contributed by atoms with Gasteiger partial charge in [0.25, 0.3) is 0 Å². The van der Waals surface area contributed by atoms with E-state index in [1.54, 1.807) is 29.2 Å². The van der Waals surface area contributed by atoms with E-state index in [4.69, 9.17) is 9.47 Å². The third kappa shape index (κ3) is 4.51. The van der Waals surface area contributed by atoms with Crippen molar-refractivity contribution in [3.63, 3.8) is 0 Å². The molecule has 0 unspecified atom stereocenters. The van der Waals surface area contributed by atoms with Gasteiger partial charge in [0, 0.05) is 38.0 Å². The molecule has 1 aliphatic rings. The molecule has 3 rings (SSSR count). The van der Waals surface area contributed by atoms with Gasteiger partial charge in [-0.2, -0.15) is 9.40 Å². The Morgan fingerprint density at radius 1 is 1.36 bits per heavy atom. The molecule has 1 aromatic heterocycles. The molecule has 1 N–H and O–H groups in total. The van der Waals surface area contributed by atoms with E-state index in [0.717, 1.165) is 0 Å². The Morgan fingerprint density at radius 3 is 2.75 bits per heavy atom. The summed E-state index contributed by atoms with van der Waals surface area (Å²) in [5.41, 5.74) is 0.418. The minimum atomic E-state index is -3.64. The maximum absolute atomic E-state index is 12.8. The van der Waals surface area contributed by atoms with Crippen LogP contribution < -0.4 is 10.1 Å². The number of carbonyl (C=O) groups excluding carboxylic acids is 1. The number of methoxy groups -OCH3 is 1. The number of ether oxygens (including phenoxy) is 2. The summed E-state index contributed by atoms with van der Waals surface area (Å²) in [5, 5.41) is 6.90. The number of anilines is 1. The van der Waals surface area contributed by atoms with Crippen LogP contribution in [-0.2, 0) is 19.6 Å². The van der Waals surface area contributed by atoms with E-state index in [1.165, 1.54) is 23.5 Å². The second kappa shape index (κ2) is 8.72. The first-order valence-electron chi connectivity index (χ1n) is 8.96. The summed E-state index contributed by atoms with van der Waals surface area (Å²) in [6, 6.07) is 6.13. The molecule has 9 nitrogen and oxygen atoms in total. The number of morpholine rings is 1. The molecule has 1 amide bonds. The smallest absolute Gasteiger partial charge is 0.243 e. The Kier molecular flexibility index (Phi) is 6.32. The van der Waals surface area contributed by atoms with Crippen LogP contribution in [0.5, 0.6) is 5.75 Å². The maximum Gasteiger partial charge on any atom is 0.243 e. The molecule has 1 saturated heterocycles. The van der Waals surface area contributed by atoms with E-state index in [9.17, 15) is 13.2 Å². The minimum Gasteiger partial charge on any atom is -0.495 e. The van der Waals surface area contributed by atoms with Gasteiger partial charge in [0.15, 0.2) is 0 Å². The second-order valence-electron chi connectivity index (χ2n) is 6.47. The van der Waals surface area contributed by atoms with E-state index in [0.29, 0.717) is 32.0 Å². The molecule has 2 aromatic rings. The van der Waals surface area contributed by atoms with Crippen LogP contribution >= 0.6 is 0 Å². The molecule has 1 aromatic carbocycles. The molecule has 1 fully saturated rings. The molecule has 152 valence electrons. The lowest BCUT2D eigenvalue weighted by Gasteiger charge is -2.26. The first-order valence-corrected chi connectivity index (χ1v) is 10.4. The van der Waals surface area contributed by atoms with Crippen molar-refractivity contribution in [3.05, 3.63) is 36.7 Å². The fourth-order valence-corrected chi connectivity index (χ4v) is 4.40. The minimum absolute atomic E-state index is 0.109. The number of aromatic nitrogens is 2. The molecule has 10 heteroatoms. The molecule has 0 spiro atoms. The van der Waals surface area contributed by atoms with E-state index in [2.05, 4.69) is 10.4 Å². The van der Waals surface area contributed by atoms with Gasteiger partial charge in [0.1, 0.15) is 5.75 Å². The zero-order valence-corrected chi connectivity index (χ0v) is 16.7. The summed E-state index contributed by atoms with van der Waals surface area (Å²) < 4.78 is 39.2. The average Bonchev–Trinajstić information content (AvgIpc) is 3.24. The molecule has 1 atom stereocenters. The number of nitrogens with one attached hydrogen (secondary N) is 1. The van der Waals surface area contributed by atoms with E-state index in [-0.39, 0.29) is 29.0 Å². The van der Waals surface area contributed by atoms with E-state index < -0.39 is 10.0 Å². The van der Waals surface area contributed by atoms with Crippen molar-refractivity contribution in [1.82, 2.24) is 14.1 Å². The summed E-state index contributed by atoms with van der Waals surface area (Å²) >= 11 is 0. The van der Waals surface area contributed by atoms with Gasteiger partial charge in [-0.25, -0.2) is 8.42 Å². The predicted octanol–water partition coefficient (Wildman–Crippen LogP) is 1.50. The number of amides is 1. The van der Waals surface area contributed by atoms with Crippen molar-refractivity contribution in [1.29, 1.82) is 0 Å². The van der Waals surface area contributed by atoms with Crippen LogP contribution in [0.2, 0.25) is 0 Å². The maximum atomic E-state index is 12.8. The fraction of sp³-hybridized carbons (Fsp3) is 0.444. The number of carbonyl (C=O) groups is 1. The Balaban J connectivity index is 1.73. The van der Waals surface area contributed by atoms with Crippen molar-refractivity contribution in [2.24, 2.45) is 0 Å². The molecular weight excluding hydrogens is 384 g/mol. The molecule has 0 radical (unpaired) electrons. The molecule has 0 aliphatic carbocycles. The van der Waals surface area contributed by atoms with Gasteiger partial charge in [-0.3, -0.25) is 9.48 Å². The predicted molar refractivity (Wildman–Crippen MR) is 103 cm³/mol. The van der Waals surface area contributed by atoms with E-state index >= 15 is 0 Å². The Labute approximate surface area is 164 Å². The SMILES string of the molecule is COc1cc(S(=O)(=O)N2CCOCC2)ccc1NC(=O)C[C@@H](C)n1cccn1. The number of hydrogen-bond donors (Lipinski definition) is 1. The van der Waals surface area contributed by atoms with Gasteiger partial charge in [0.05, 0.1) is 36.9 Å². The summed E-state index contributed by atoms with van der Waals surface area (Å²) in [4.78, 5) is 12.5. The lowest BCUT2D eigenvalue weighted by atomic mass is 10.2. The average molecular weight is 408 g/mol. The summed E-state index contributed by atoms with van der Waals surface area (Å²) in [7, 11) is -2.21. The summed E-state index contributed by atoms with van der Waals surface area (Å²) in [6.45, 7) is 3.27. The van der Waals surface area contributed by atoms with Crippen molar-refractivity contribution >= 4 is 21.6 Å². The topological polar surface area (TPSA) is 103 Å². The van der Waals surface area contributed by atoms with Gasteiger partial charge < -0.3 is 14.8 Å². The van der Waals surface area contributed by atoms with Crippen LogP contribution in [0.3, 0.4) is 0 Å². The van der Waals surface area contributed by atoms with Crippen molar-refractivity contribution in [2.45, 2.75) is 24.3 Å². The first kappa shape index (κ1) is 20.3. The number of hydrogen-bond acceptors (Lipinski definition) is 6. The molecule has 2 heterocycles. The lowest BCUT2D eigenvalue weighted by molar-refractivity contribution is -0.116. The summed E-state index contributed by atoms with van der Waals surface area (Å²) in [6.07, 6.45) is 3.67. The van der Waals surface area contributed by atoms with Crippen LogP contribution in [0.4, 0.5) is 5.69 Å². The van der Waals surface area contributed by atoms with Crippen molar-refractivity contribution in [2.75, 3.05) is 38.7 Å². The molecule has 28 heavy (non-hydrogen) atoms. The van der Waals surface area contributed by atoms with Gasteiger partial charge in [-0.1, -0.05) is 0 Å². The van der Waals surface area contributed by atoms with Crippen LogP contribution in [0.15, 0.2) is 41.6 Å². The van der Waals surface area contributed by atoms with Crippen LogP contribution in [0, 0.1) is 0 Å². The van der Waals surface area contributed by atoms with Crippen molar-refractivity contribution in [3.8, 4) is 5.75 Å². The molecule has 1 aliphatic heterocycles. The first-order chi connectivity index (χ1) is 13.4. The molecule has 0 saturated carbocycles. The normalized spacial score (nSPS) is 16.5. The molecular formula is C18H24N4O5S. The van der Waals surface area contributed by atoms with E-state index in [1.807, 2.05) is 6.92 Å². The Bertz CT molecular complexity index is 908. The Hall–Kier alpha value is -2.43. The van der Waals surface area contributed by atoms with Crippen LogP contribution in [0.1, 0.15) is 19.4 Å². The monoisotopic (exact) mass is 408 g/mol. The highest BCUT2D eigenvalue weighted by Crippen LogP contribution is 2.29. The lowest BCUT2D eigenvalue weighted by Crippen LogP contribution is -2.40. The fourth-order valence-electron chi connectivity index (χ4n) is 2.98. The zero-order valence-electron chi connectivity index (χ0n) is 15.9. The quantitative estimate of drug-likeness (QED) is 0.745. The summed E-state index contributed by atoms with van der Waals surface area (Å²) in [5.74, 6) is 0.0690. The highest BCUT2D eigenvalue weighted by Gasteiger charge is 2.27. The van der Waals surface area contributed by atoms with Crippen LogP contribution in [-0.4, -0.2) is 61.8 Å². The number of rotatable bonds is 7. The van der Waals surface area contributed by atoms with Gasteiger partial charge in [-0.15, -0.1) is 0 Å². The van der Waals surface area contributed by atoms with Gasteiger partial charge >= 0.3 is 0 Å². The third-order valence-corrected chi connectivity index (χ3v) is 6.41. The van der Waals surface area contributed by atoms with Crippen molar-refractivity contribution < 1.29 is 22.7 Å². The number of sulfonamides is 1. The van der Waals surface area contributed by atoms with Gasteiger partial charge in [-0.05, 0) is 25.1 Å². The largest absolute Gasteiger partial charge is 0.495 e. The Morgan fingerprint density at radius 2 is 2.11 bits per heavy atom. The van der Waals surface area contributed by atoms with Crippen LogP contribution in [0.25, 0.3) is 0 Å². The number of benzene rings is 1. The van der Waals surface area contributed by atoms with Gasteiger partial charge in [0.2, 0.25) is 15.9 Å². The highest BCUT2D eigenvalue weighted by molar-refractivity contribution is 7.89. The zero-order chi connectivity index (χ0) is 20.1. The second-order valence-corrected chi connectivity index (χ2v) is 8.40. The third-order valence-electron chi connectivity index (χ3n) is 4.51. The number of nitrogens with zero attached hydrogens (tertiary/aromatic N) is 3. The highest BCUT2D eigenvalue weighted by atomic mass is 32.2.